The van der Waals surface area contributed by atoms with Crippen molar-refractivity contribution >= 4 is 23.0 Å². The van der Waals surface area contributed by atoms with Crippen molar-refractivity contribution in [2.45, 2.75) is 51.2 Å². The normalized spacial score (nSPS) is 20.4. The first kappa shape index (κ1) is 21.0. The second kappa shape index (κ2) is 8.94. The molecule has 2 N–H and O–H groups in total. The molecule has 2 atom stereocenters. The number of thiocarbonyl (C=S) groups is 1. The van der Waals surface area contributed by atoms with E-state index < -0.39 is 0 Å². The molecule has 1 saturated carbocycles. The van der Waals surface area contributed by atoms with Crippen molar-refractivity contribution in [3.8, 4) is 0 Å². The Labute approximate surface area is 195 Å². The summed E-state index contributed by atoms with van der Waals surface area (Å²) in [7, 11) is 0. The average Bonchev–Trinajstić information content (AvgIpc) is 3.53. The first-order valence-corrected chi connectivity index (χ1v) is 12.0. The number of aromatic nitrogens is 2. The molecule has 0 spiro atoms. The number of para-hydroxylation sites is 1. The van der Waals surface area contributed by atoms with E-state index in [9.17, 15) is 0 Å². The van der Waals surface area contributed by atoms with Crippen LogP contribution in [0, 0.1) is 13.8 Å². The molecular weight excluding hydrogens is 414 g/mol. The zero-order valence-corrected chi connectivity index (χ0v) is 19.6. The quantitative estimate of drug-likeness (QED) is 0.363. The highest BCUT2D eigenvalue weighted by atomic mass is 32.1. The predicted molar refractivity (Wildman–Crippen MR) is 134 cm³/mol. The van der Waals surface area contributed by atoms with Crippen LogP contribution in [-0.4, -0.2) is 32.7 Å². The Kier molecular flexibility index (Phi) is 5.87. The summed E-state index contributed by atoms with van der Waals surface area (Å²) < 4.78 is 2.53. The van der Waals surface area contributed by atoms with E-state index in [4.69, 9.17) is 12.2 Å². The van der Waals surface area contributed by atoms with Gasteiger partial charge in [-0.15, -0.1) is 0 Å². The van der Waals surface area contributed by atoms with E-state index in [2.05, 4.69) is 81.4 Å². The highest BCUT2D eigenvalue weighted by molar-refractivity contribution is 7.80. The van der Waals surface area contributed by atoms with Crippen molar-refractivity contribution in [1.82, 2.24) is 19.8 Å². The summed E-state index contributed by atoms with van der Waals surface area (Å²) >= 11 is 5.84. The lowest BCUT2D eigenvalue weighted by Gasteiger charge is -2.28. The number of nitrogens with one attached hydrogen (secondary N) is 2. The van der Waals surface area contributed by atoms with Crippen LogP contribution >= 0.6 is 12.2 Å². The van der Waals surface area contributed by atoms with Gasteiger partial charge in [-0.1, -0.05) is 24.3 Å². The fourth-order valence-electron chi connectivity index (χ4n) is 5.02. The fraction of sp³-hybridized carbons (Fsp3) is 0.385. The summed E-state index contributed by atoms with van der Waals surface area (Å²) in [5.41, 5.74) is 6.29. The highest BCUT2D eigenvalue weighted by Gasteiger charge is 2.41. The van der Waals surface area contributed by atoms with Crippen LogP contribution < -0.4 is 10.6 Å². The van der Waals surface area contributed by atoms with Crippen molar-refractivity contribution in [1.29, 1.82) is 0 Å². The maximum absolute atomic E-state index is 5.84. The molecule has 3 aromatic rings. The summed E-state index contributed by atoms with van der Waals surface area (Å²) in [6.45, 7) is 6.31. The first-order valence-electron chi connectivity index (χ1n) is 11.6. The fourth-order valence-corrected chi connectivity index (χ4v) is 5.35. The van der Waals surface area contributed by atoms with Gasteiger partial charge in [-0.25, -0.2) is 0 Å². The Morgan fingerprint density at radius 1 is 1.09 bits per heavy atom. The van der Waals surface area contributed by atoms with Crippen molar-refractivity contribution in [3.63, 3.8) is 0 Å². The zero-order chi connectivity index (χ0) is 22.1. The Morgan fingerprint density at radius 3 is 2.59 bits per heavy atom. The maximum Gasteiger partial charge on any atom is 0.170 e. The lowest BCUT2D eigenvalue weighted by molar-refractivity contribution is 0.315. The molecule has 0 radical (unpaired) electrons. The number of aryl methyl sites for hydroxylation is 1. The van der Waals surface area contributed by atoms with Gasteiger partial charge in [0, 0.05) is 42.4 Å². The Hall–Kier alpha value is -2.86. The molecule has 0 amide bonds. The third kappa shape index (κ3) is 4.11. The molecule has 1 aromatic carbocycles. The average molecular weight is 446 g/mol. The molecule has 0 unspecified atom stereocenters. The van der Waals surface area contributed by atoms with Gasteiger partial charge in [-0.2, -0.15) is 0 Å². The van der Waals surface area contributed by atoms with Gasteiger partial charge >= 0.3 is 0 Å². The third-order valence-electron chi connectivity index (χ3n) is 6.63. The number of rotatable bonds is 8. The summed E-state index contributed by atoms with van der Waals surface area (Å²) in [5, 5.41) is 7.94. The second-order valence-corrected chi connectivity index (χ2v) is 9.28. The van der Waals surface area contributed by atoms with E-state index in [1.54, 1.807) is 0 Å². The minimum Gasteiger partial charge on any atom is -0.385 e. The summed E-state index contributed by atoms with van der Waals surface area (Å²) in [5.74, 6) is 0. The van der Waals surface area contributed by atoms with E-state index in [1.165, 1.54) is 29.8 Å². The molecule has 1 aliphatic carbocycles. The first-order chi connectivity index (χ1) is 15.6. The lowest BCUT2D eigenvalue weighted by Crippen LogP contribution is -2.31. The van der Waals surface area contributed by atoms with Crippen LogP contribution in [0.25, 0.3) is 0 Å². The van der Waals surface area contributed by atoms with Crippen molar-refractivity contribution < 1.29 is 0 Å². The van der Waals surface area contributed by atoms with Crippen molar-refractivity contribution in [2.75, 3.05) is 18.4 Å². The molecule has 3 heterocycles. The van der Waals surface area contributed by atoms with Gasteiger partial charge in [0.2, 0.25) is 0 Å². The number of anilines is 1. The standard InChI is InChI=1S/C26H31N5S/c1-18-17-22(19(2)31(18)21-12-13-21)25-24(23-11-6-7-14-28-23)29-26(32)30(25)16-8-15-27-20-9-4-3-5-10-20/h3-7,9-11,14,17,21,24-25,27H,8,12-13,15-16H2,1-2H3,(H,29,32)/t24-,25-/m0/s1. The van der Waals surface area contributed by atoms with E-state index in [1.807, 2.05) is 18.3 Å². The molecular formula is C26H31N5S. The molecule has 2 aromatic heterocycles. The Balaban J connectivity index is 1.40. The molecule has 2 fully saturated rings. The molecule has 1 saturated heterocycles. The molecule has 32 heavy (non-hydrogen) atoms. The summed E-state index contributed by atoms with van der Waals surface area (Å²) in [6.07, 6.45) is 5.45. The molecule has 1 aliphatic heterocycles. The molecule has 6 heteroatoms. The summed E-state index contributed by atoms with van der Waals surface area (Å²) in [6, 6.07) is 19.8. The van der Waals surface area contributed by atoms with Gasteiger partial charge in [0.1, 0.15) is 0 Å². The van der Waals surface area contributed by atoms with Crippen LogP contribution in [0.5, 0.6) is 0 Å². The minimum atomic E-state index is 0.0546. The zero-order valence-electron chi connectivity index (χ0n) is 18.8. The molecule has 5 nitrogen and oxygen atoms in total. The number of pyridine rings is 1. The van der Waals surface area contributed by atoms with Crippen molar-refractivity contribution in [3.05, 3.63) is 83.4 Å². The molecule has 0 bridgehead atoms. The van der Waals surface area contributed by atoms with Gasteiger partial charge in [0.25, 0.3) is 0 Å². The largest absolute Gasteiger partial charge is 0.385 e. The van der Waals surface area contributed by atoms with Gasteiger partial charge in [-0.3, -0.25) is 4.98 Å². The van der Waals surface area contributed by atoms with Crippen LogP contribution in [0.4, 0.5) is 5.69 Å². The van der Waals surface area contributed by atoms with E-state index in [-0.39, 0.29) is 12.1 Å². The number of hydrogen-bond acceptors (Lipinski definition) is 3. The van der Waals surface area contributed by atoms with Gasteiger partial charge in [0.05, 0.1) is 17.8 Å². The van der Waals surface area contributed by atoms with Crippen molar-refractivity contribution in [2.24, 2.45) is 0 Å². The lowest BCUT2D eigenvalue weighted by atomic mass is 9.96. The minimum absolute atomic E-state index is 0.0546. The van der Waals surface area contributed by atoms with Crippen LogP contribution in [0.2, 0.25) is 0 Å². The van der Waals surface area contributed by atoms with E-state index >= 15 is 0 Å². The maximum atomic E-state index is 5.84. The smallest absolute Gasteiger partial charge is 0.170 e. The topological polar surface area (TPSA) is 45.1 Å². The Bertz CT molecular complexity index is 1070. The second-order valence-electron chi connectivity index (χ2n) is 8.89. The SMILES string of the molecule is Cc1cc([C@H]2[C@H](c3ccccn3)NC(=S)N2CCCNc2ccccc2)c(C)n1C1CC1. The monoisotopic (exact) mass is 445 g/mol. The predicted octanol–water partition coefficient (Wildman–Crippen LogP) is 5.31. The highest BCUT2D eigenvalue weighted by Crippen LogP contribution is 2.44. The van der Waals surface area contributed by atoms with Gasteiger partial charge < -0.3 is 20.1 Å². The summed E-state index contributed by atoms with van der Waals surface area (Å²) in [4.78, 5) is 7.06. The number of hydrogen-bond donors (Lipinski definition) is 2. The Morgan fingerprint density at radius 2 is 1.88 bits per heavy atom. The van der Waals surface area contributed by atoms with Crippen LogP contribution in [0.3, 0.4) is 0 Å². The van der Waals surface area contributed by atoms with Gasteiger partial charge in [-0.05, 0) is 81.2 Å². The third-order valence-corrected chi connectivity index (χ3v) is 6.98. The molecule has 166 valence electrons. The van der Waals surface area contributed by atoms with Crippen LogP contribution in [0.1, 0.15) is 60.0 Å². The van der Waals surface area contributed by atoms with Gasteiger partial charge in [0.15, 0.2) is 5.11 Å². The molecule has 5 rings (SSSR count). The van der Waals surface area contributed by atoms with Crippen LogP contribution in [0.15, 0.2) is 60.8 Å². The number of benzene rings is 1. The number of nitrogens with zero attached hydrogens (tertiary/aromatic N) is 3. The van der Waals surface area contributed by atoms with E-state index in [0.717, 1.165) is 36.0 Å². The molecule has 2 aliphatic rings. The van der Waals surface area contributed by atoms with E-state index in [0.29, 0.717) is 6.04 Å². The van der Waals surface area contributed by atoms with Crippen LogP contribution in [-0.2, 0) is 0 Å².